The molecule has 2 aromatic rings. The largest absolute Gasteiger partial charge is 0.507 e. The molecule has 4 nitrogen and oxygen atoms in total. The molecule has 1 aliphatic rings. The van der Waals surface area contributed by atoms with Gasteiger partial charge in [-0.2, -0.15) is 0 Å². The Morgan fingerprint density at radius 3 is 2.61 bits per heavy atom. The zero-order chi connectivity index (χ0) is 16.1. The van der Waals surface area contributed by atoms with Gasteiger partial charge in [0, 0.05) is 21.8 Å². The van der Waals surface area contributed by atoms with Gasteiger partial charge in [-0.15, -0.1) is 0 Å². The van der Waals surface area contributed by atoms with E-state index in [0.717, 1.165) is 43.0 Å². The highest BCUT2D eigenvalue weighted by Gasteiger charge is 2.13. The third-order valence-corrected chi connectivity index (χ3v) is 4.43. The summed E-state index contributed by atoms with van der Waals surface area (Å²) in [6.07, 6.45) is 1.68. The van der Waals surface area contributed by atoms with Gasteiger partial charge in [-0.05, 0) is 30.3 Å². The van der Waals surface area contributed by atoms with E-state index in [-0.39, 0.29) is 5.75 Å². The minimum atomic E-state index is 0.226. The summed E-state index contributed by atoms with van der Waals surface area (Å²) < 4.78 is 6.30. The van der Waals surface area contributed by atoms with Crippen LogP contribution >= 0.6 is 15.9 Å². The van der Waals surface area contributed by atoms with E-state index in [4.69, 9.17) is 4.74 Å². The molecule has 0 unspecified atom stereocenters. The Hall–Kier alpha value is -1.69. The third kappa shape index (κ3) is 4.64. The van der Waals surface area contributed by atoms with Gasteiger partial charge in [0.05, 0.1) is 18.9 Å². The van der Waals surface area contributed by atoms with Crippen molar-refractivity contribution in [2.75, 3.05) is 26.3 Å². The molecule has 2 N–H and O–H groups in total. The van der Waals surface area contributed by atoms with Crippen LogP contribution in [0, 0.1) is 0 Å². The van der Waals surface area contributed by atoms with Gasteiger partial charge in [0.25, 0.3) is 0 Å². The molecule has 0 aromatic heterocycles. The van der Waals surface area contributed by atoms with Gasteiger partial charge >= 0.3 is 0 Å². The van der Waals surface area contributed by atoms with Crippen LogP contribution in [0.2, 0.25) is 0 Å². The fourth-order valence-corrected chi connectivity index (χ4v) is 2.98. The first-order valence-electron chi connectivity index (χ1n) is 7.73. The number of halogens is 1. The van der Waals surface area contributed by atoms with Crippen LogP contribution in [-0.4, -0.2) is 37.6 Å². The summed E-state index contributed by atoms with van der Waals surface area (Å²) in [6, 6.07) is 13.6. The van der Waals surface area contributed by atoms with Crippen molar-refractivity contribution < 1.29 is 14.7 Å². The Balaban J connectivity index is 1.64. The van der Waals surface area contributed by atoms with Crippen LogP contribution in [0.1, 0.15) is 11.1 Å². The Kier molecular flexibility index (Phi) is 5.43. The lowest BCUT2D eigenvalue weighted by Gasteiger charge is -2.23. The molecule has 0 radical (unpaired) electrons. The zero-order valence-corrected chi connectivity index (χ0v) is 14.4. The Labute approximate surface area is 144 Å². The number of hydrogen-bond donors (Lipinski definition) is 2. The molecule has 0 bridgehead atoms. The lowest BCUT2D eigenvalue weighted by atomic mass is 10.2. The number of rotatable bonds is 4. The van der Waals surface area contributed by atoms with E-state index < -0.39 is 0 Å². The summed E-state index contributed by atoms with van der Waals surface area (Å²) in [7, 11) is 0. The van der Waals surface area contributed by atoms with E-state index in [1.807, 2.05) is 18.2 Å². The normalized spacial score (nSPS) is 16.0. The summed E-state index contributed by atoms with van der Waals surface area (Å²) in [5.74, 6) is 0.226. The van der Waals surface area contributed by atoms with Crippen LogP contribution in [-0.2, 0) is 11.3 Å². The van der Waals surface area contributed by atoms with Crippen molar-refractivity contribution in [2.24, 2.45) is 4.99 Å². The predicted molar refractivity (Wildman–Crippen MR) is 94.7 cm³/mol. The van der Waals surface area contributed by atoms with Gasteiger partial charge in [0.15, 0.2) is 0 Å². The Morgan fingerprint density at radius 1 is 1.13 bits per heavy atom. The minimum absolute atomic E-state index is 0.226. The highest BCUT2D eigenvalue weighted by atomic mass is 79.9. The van der Waals surface area contributed by atoms with E-state index in [1.165, 1.54) is 5.56 Å². The van der Waals surface area contributed by atoms with Gasteiger partial charge in [-0.25, -0.2) is 0 Å². The first-order valence-corrected chi connectivity index (χ1v) is 8.53. The molecule has 120 valence electrons. The molecule has 0 spiro atoms. The maximum Gasteiger partial charge on any atom is 0.124 e. The standard InChI is InChI=1S/C18H19BrN2O2/c19-16-3-6-18(22)15(11-16)12-20-17-4-1-14(2-5-17)13-21-7-9-23-10-8-21/h1-6,11-12,22H,7-10,13H2/p+1. The monoisotopic (exact) mass is 375 g/mol. The Bertz CT molecular complexity index is 680. The first-order chi connectivity index (χ1) is 11.2. The summed E-state index contributed by atoms with van der Waals surface area (Å²) in [5.41, 5.74) is 2.89. The highest BCUT2D eigenvalue weighted by Crippen LogP contribution is 2.21. The van der Waals surface area contributed by atoms with E-state index >= 15 is 0 Å². The molecule has 1 aliphatic heterocycles. The molecule has 23 heavy (non-hydrogen) atoms. The number of morpholine rings is 1. The maximum absolute atomic E-state index is 9.81. The second kappa shape index (κ2) is 7.73. The number of quaternary nitrogens is 1. The average molecular weight is 376 g/mol. The lowest BCUT2D eigenvalue weighted by Crippen LogP contribution is -3.12. The third-order valence-electron chi connectivity index (χ3n) is 3.93. The minimum Gasteiger partial charge on any atom is -0.507 e. The number of nitrogens with zero attached hydrogens (tertiary/aromatic N) is 1. The topological polar surface area (TPSA) is 46.3 Å². The van der Waals surface area contributed by atoms with Gasteiger partial charge in [0.2, 0.25) is 0 Å². The van der Waals surface area contributed by atoms with Gasteiger partial charge in [0.1, 0.15) is 25.4 Å². The van der Waals surface area contributed by atoms with Crippen molar-refractivity contribution in [3.63, 3.8) is 0 Å². The van der Waals surface area contributed by atoms with Crippen LogP contribution in [0.4, 0.5) is 5.69 Å². The number of aliphatic imine (C=N–C) groups is 1. The second-order valence-corrected chi connectivity index (χ2v) is 6.58. The molecule has 2 aromatic carbocycles. The van der Waals surface area contributed by atoms with E-state index in [0.29, 0.717) is 5.56 Å². The number of benzene rings is 2. The van der Waals surface area contributed by atoms with Crippen LogP contribution in [0.15, 0.2) is 51.9 Å². The van der Waals surface area contributed by atoms with Crippen molar-refractivity contribution in [1.29, 1.82) is 0 Å². The molecule has 0 saturated carbocycles. The number of phenols is 1. The molecular weight excluding hydrogens is 356 g/mol. The predicted octanol–water partition coefficient (Wildman–Crippen LogP) is 2.32. The molecule has 5 heteroatoms. The smallest absolute Gasteiger partial charge is 0.124 e. The van der Waals surface area contributed by atoms with Crippen molar-refractivity contribution in [3.05, 3.63) is 58.1 Å². The van der Waals surface area contributed by atoms with Gasteiger partial charge in [-0.3, -0.25) is 4.99 Å². The van der Waals surface area contributed by atoms with Crippen LogP contribution in [0.25, 0.3) is 0 Å². The molecular formula is C18H20BrN2O2+. The summed E-state index contributed by atoms with van der Waals surface area (Å²) in [6.45, 7) is 4.88. The molecule has 0 amide bonds. The SMILES string of the molecule is Oc1ccc(Br)cc1C=Nc1ccc(C[NH+]2CCOCC2)cc1. The number of aromatic hydroxyl groups is 1. The summed E-state index contributed by atoms with van der Waals surface area (Å²) >= 11 is 3.40. The van der Waals surface area contributed by atoms with Gasteiger partial charge < -0.3 is 14.7 Å². The molecule has 1 saturated heterocycles. The number of nitrogens with one attached hydrogen (secondary N) is 1. The maximum atomic E-state index is 9.81. The Morgan fingerprint density at radius 2 is 1.87 bits per heavy atom. The summed E-state index contributed by atoms with van der Waals surface area (Å²) in [4.78, 5) is 6.00. The molecule has 0 aliphatic carbocycles. The molecule has 1 fully saturated rings. The number of phenolic OH excluding ortho intramolecular Hbond substituents is 1. The van der Waals surface area contributed by atoms with E-state index in [2.05, 4.69) is 33.1 Å². The van der Waals surface area contributed by atoms with E-state index in [9.17, 15) is 5.11 Å². The summed E-state index contributed by atoms with van der Waals surface area (Å²) in [5, 5.41) is 9.81. The van der Waals surface area contributed by atoms with E-state index in [1.54, 1.807) is 23.2 Å². The van der Waals surface area contributed by atoms with Crippen molar-refractivity contribution in [2.45, 2.75) is 6.54 Å². The van der Waals surface area contributed by atoms with Gasteiger partial charge in [-0.1, -0.05) is 28.1 Å². The number of ether oxygens (including phenoxy) is 1. The fraction of sp³-hybridized carbons (Fsp3) is 0.278. The van der Waals surface area contributed by atoms with Crippen LogP contribution < -0.4 is 4.90 Å². The first kappa shape index (κ1) is 16.2. The molecule has 0 atom stereocenters. The highest BCUT2D eigenvalue weighted by molar-refractivity contribution is 9.10. The fourth-order valence-electron chi connectivity index (χ4n) is 2.60. The number of hydrogen-bond acceptors (Lipinski definition) is 3. The average Bonchev–Trinajstić information content (AvgIpc) is 2.58. The second-order valence-electron chi connectivity index (χ2n) is 5.67. The van der Waals surface area contributed by atoms with Crippen molar-refractivity contribution in [3.8, 4) is 5.75 Å². The van der Waals surface area contributed by atoms with Crippen molar-refractivity contribution >= 4 is 27.8 Å². The van der Waals surface area contributed by atoms with Crippen molar-refractivity contribution in [1.82, 2.24) is 0 Å². The zero-order valence-electron chi connectivity index (χ0n) is 12.8. The van der Waals surface area contributed by atoms with Crippen LogP contribution in [0.3, 0.4) is 0 Å². The van der Waals surface area contributed by atoms with Crippen LogP contribution in [0.5, 0.6) is 5.75 Å². The quantitative estimate of drug-likeness (QED) is 0.805. The lowest BCUT2D eigenvalue weighted by molar-refractivity contribution is -0.921. The molecule has 3 rings (SSSR count). The molecule has 1 heterocycles.